The third-order valence-electron chi connectivity index (χ3n) is 5.17. The number of amides is 1. The Morgan fingerprint density at radius 3 is 2.26 bits per heavy atom. The monoisotopic (exact) mass is 461 g/mol. The zero-order chi connectivity index (χ0) is 24.5. The first-order valence-corrected chi connectivity index (χ1v) is 11.1. The van der Waals surface area contributed by atoms with Crippen molar-refractivity contribution in [3.63, 3.8) is 0 Å². The van der Waals surface area contributed by atoms with Crippen LogP contribution >= 0.6 is 0 Å². The normalized spacial score (nSPS) is 10.7. The number of hydrogen-bond donors (Lipinski definition) is 2. The number of carbonyl (C=O) groups is 1. The van der Waals surface area contributed by atoms with Crippen LogP contribution in [0.25, 0.3) is 6.08 Å². The van der Waals surface area contributed by atoms with E-state index in [1.165, 1.54) is 6.08 Å². The smallest absolute Gasteiger partial charge is 0.248 e. The highest BCUT2D eigenvalue weighted by atomic mass is 16.5. The van der Waals surface area contributed by atoms with Crippen molar-refractivity contribution in [3.8, 4) is 11.5 Å². The molecule has 0 aliphatic rings. The minimum absolute atomic E-state index is 0.231. The second kappa shape index (κ2) is 11.7. The summed E-state index contributed by atoms with van der Waals surface area (Å²) in [6.07, 6.45) is 3.20. The van der Waals surface area contributed by atoms with E-state index in [9.17, 15) is 4.79 Å². The molecule has 0 radical (unpaired) electrons. The summed E-state index contributed by atoms with van der Waals surface area (Å²) >= 11 is 0. The molecule has 0 unspecified atom stereocenters. The summed E-state index contributed by atoms with van der Waals surface area (Å²) < 4.78 is 10.5. The Balaban J connectivity index is 1.63. The first kappa shape index (κ1) is 24.6. The van der Waals surface area contributed by atoms with Crippen LogP contribution in [0.15, 0.2) is 54.6 Å². The minimum atomic E-state index is -0.231. The molecule has 1 heterocycles. The average molecular weight is 462 g/mol. The molecule has 34 heavy (non-hydrogen) atoms. The summed E-state index contributed by atoms with van der Waals surface area (Å²) in [5, 5.41) is 6.17. The van der Waals surface area contributed by atoms with Gasteiger partial charge in [0.2, 0.25) is 5.91 Å². The number of hydrogen-bond acceptors (Lipinski definition) is 7. The molecule has 0 spiro atoms. The Morgan fingerprint density at radius 2 is 1.62 bits per heavy atom. The molecule has 3 aromatic rings. The Bertz CT molecular complexity index is 1140. The molecule has 2 aromatic carbocycles. The lowest BCUT2D eigenvalue weighted by Crippen LogP contribution is -2.23. The lowest BCUT2D eigenvalue weighted by Gasteiger charge is -2.20. The van der Waals surface area contributed by atoms with Gasteiger partial charge in [-0.05, 0) is 68.8 Å². The van der Waals surface area contributed by atoms with Crippen molar-refractivity contribution in [1.82, 2.24) is 9.97 Å². The fraction of sp³-hybridized carbons (Fsp3) is 0.269. The van der Waals surface area contributed by atoms with E-state index in [-0.39, 0.29) is 5.91 Å². The first-order chi connectivity index (χ1) is 16.4. The van der Waals surface area contributed by atoms with E-state index in [0.29, 0.717) is 23.0 Å². The molecule has 1 amide bonds. The summed E-state index contributed by atoms with van der Waals surface area (Å²) in [6.45, 7) is 7.84. The summed E-state index contributed by atoms with van der Waals surface area (Å²) in [5.74, 6) is 3.34. The number of nitrogens with zero attached hydrogens (tertiary/aromatic N) is 3. The number of ether oxygens (including phenoxy) is 2. The van der Waals surface area contributed by atoms with Gasteiger partial charge in [-0.15, -0.1) is 0 Å². The van der Waals surface area contributed by atoms with E-state index in [1.54, 1.807) is 26.4 Å². The van der Waals surface area contributed by atoms with Gasteiger partial charge in [-0.25, -0.2) is 9.97 Å². The third kappa shape index (κ3) is 6.48. The van der Waals surface area contributed by atoms with Crippen LogP contribution in [0.1, 0.15) is 25.2 Å². The van der Waals surface area contributed by atoms with Gasteiger partial charge in [-0.3, -0.25) is 4.79 Å². The second-order valence-corrected chi connectivity index (χ2v) is 7.47. The van der Waals surface area contributed by atoms with Crippen LogP contribution < -0.4 is 25.0 Å². The van der Waals surface area contributed by atoms with Gasteiger partial charge in [0.25, 0.3) is 0 Å². The highest BCUT2D eigenvalue weighted by Gasteiger charge is 2.08. The Kier molecular flexibility index (Phi) is 8.45. The molecule has 1 aromatic heterocycles. The largest absolute Gasteiger partial charge is 0.493 e. The third-order valence-corrected chi connectivity index (χ3v) is 5.17. The molecular weight excluding hydrogens is 430 g/mol. The Morgan fingerprint density at radius 1 is 0.941 bits per heavy atom. The molecule has 0 fully saturated rings. The number of rotatable bonds is 10. The fourth-order valence-electron chi connectivity index (χ4n) is 3.42. The summed E-state index contributed by atoms with van der Waals surface area (Å²) in [4.78, 5) is 23.5. The van der Waals surface area contributed by atoms with Gasteiger partial charge in [0.05, 0.1) is 14.2 Å². The zero-order valence-electron chi connectivity index (χ0n) is 20.3. The van der Waals surface area contributed by atoms with Crippen LogP contribution in [0, 0.1) is 6.92 Å². The van der Waals surface area contributed by atoms with Crippen LogP contribution in [0.3, 0.4) is 0 Å². The second-order valence-electron chi connectivity index (χ2n) is 7.47. The van der Waals surface area contributed by atoms with Crippen molar-refractivity contribution in [2.75, 3.05) is 42.8 Å². The van der Waals surface area contributed by atoms with E-state index >= 15 is 0 Å². The molecule has 0 saturated heterocycles. The topological polar surface area (TPSA) is 88.6 Å². The van der Waals surface area contributed by atoms with Crippen LogP contribution in [0.5, 0.6) is 11.5 Å². The fourth-order valence-corrected chi connectivity index (χ4v) is 3.42. The number of nitrogens with one attached hydrogen (secondary N) is 2. The van der Waals surface area contributed by atoms with E-state index < -0.39 is 0 Å². The quantitative estimate of drug-likeness (QED) is 0.409. The summed E-state index contributed by atoms with van der Waals surface area (Å²) in [5.41, 5.74) is 2.38. The highest BCUT2D eigenvalue weighted by Crippen LogP contribution is 2.28. The molecule has 178 valence electrons. The minimum Gasteiger partial charge on any atom is -0.493 e. The first-order valence-electron chi connectivity index (χ1n) is 11.1. The molecule has 0 atom stereocenters. The van der Waals surface area contributed by atoms with E-state index in [1.807, 2.05) is 49.4 Å². The lowest BCUT2D eigenvalue weighted by atomic mass is 10.2. The van der Waals surface area contributed by atoms with E-state index in [2.05, 4.69) is 39.3 Å². The number of benzene rings is 2. The zero-order valence-corrected chi connectivity index (χ0v) is 20.3. The van der Waals surface area contributed by atoms with Crippen LogP contribution in [-0.4, -0.2) is 43.2 Å². The lowest BCUT2D eigenvalue weighted by molar-refractivity contribution is -0.111. The predicted molar refractivity (Wildman–Crippen MR) is 137 cm³/mol. The van der Waals surface area contributed by atoms with E-state index in [4.69, 9.17) is 9.47 Å². The Labute approximate surface area is 200 Å². The van der Waals surface area contributed by atoms with Crippen molar-refractivity contribution >= 4 is 35.0 Å². The number of anilines is 4. The summed E-state index contributed by atoms with van der Waals surface area (Å²) in [7, 11) is 3.16. The van der Waals surface area contributed by atoms with Gasteiger partial charge in [-0.1, -0.05) is 6.07 Å². The van der Waals surface area contributed by atoms with Crippen molar-refractivity contribution in [2.45, 2.75) is 20.8 Å². The molecule has 3 rings (SSSR count). The molecule has 8 nitrogen and oxygen atoms in total. The number of aryl methyl sites for hydroxylation is 1. The Hall–Kier alpha value is -4.07. The maximum atomic E-state index is 12.3. The van der Waals surface area contributed by atoms with Crippen molar-refractivity contribution in [1.29, 1.82) is 0 Å². The molecule has 0 bridgehead atoms. The number of aromatic nitrogens is 2. The molecular formula is C26H31N5O3. The highest BCUT2D eigenvalue weighted by molar-refractivity contribution is 6.02. The summed E-state index contributed by atoms with van der Waals surface area (Å²) in [6, 6.07) is 14.9. The molecule has 0 aliphatic heterocycles. The maximum Gasteiger partial charge on any atom is 0.248 e. The van der Waals surface area contributed by atoms with Gasteiger partial charge < -0.3 is 25.0 Å². The van der Waals surface area contributed by atoms with E-state index in [0.717, 1.165) is 36.0 Å². The van der Waals surface area contributed by atoms with Crippen molar-refractivity contribution < 1.29 is 14.3 Å². The van der Waals surface area contributed by atoms with Gasteiger partial charge >= 0.3 is 0 Å². The molecule has 2 N–H and O–H groups in total. The van der Waals surface area contributed by atoms with Crippen molar-refractivity contribution in [2.24, 2.45) is 0 Å². The van der Waals surface area contributed by atoms with Gasteiger partial charge in [0.15, 0.2) is 11.5 Å². The number of carbonyl (C=O) groups excluding carboxylic acids is 1. The van der Waals surface area contributed by atoms with Gasteiger partial charge in [0, 0.05) is 36.6 Å². The molecule has 0 aliphatic carbocycles. The van der Waals surface area contributed by atoms with Crippen LogP contribution in [0.4, 0.5) is 23.0 Å². The van der Waals surface area contributed by atoms with Gasteiger partial charge in [0.1, 0.15) is 17.5 Å². The van der Waals surface area contributed by atoms with Crippen molar-refractivity contribution in [3.05, 3.63) is 66.0 Å². The molecule has 0 saturated carbocycles. The van der Waals surface area contributed by atoms with Crippen LogP contribution in [0.2, 0.25) is 0 Å². The number of methoxy groups -OCH3 is 2. The standard InChI is InChI=1S/C26H31N5O3/c1-6-31(7-2)25-17-24(27-18(3)28-25)29-20-10-12-21(13-11-20)30-26(32)15-9-19-8-14-22(33-4)23(16-19)34-5/h8-17H,6-7H2,1-5H3,(H,30,32)(H,27,28,29)/b15-9+. The maximum absolute atomic E-state index is 12.3. The van der Waals surface area contributed by atoms with Gasteiger partial charge in [-0.2, -0.15) is 0 Å². The predicted octanol–water partition coefficient (Wildman–Crippen LogP) is 5.04. The SMILES string of the molecule is CCN(CC)c1cc(Nc2ccc(NC(=O)/C=C/c3ccc(OC)c(OC)c3)cc2)nc(C)n1. The average Bonchev–Trinajstić information content (AvgIpc) is 2.84. The molecule has 8 heteroatoms. The van der Waals surface area contributed by atoms with Crippen LogP contribution in [-0.2, 0) is 4.79 Å².